The molecule has 1 aromatic rings. The van der Waals surface area contributed by atoms with Crippen LogP contribution in [0.1, 0.15) is 0 Å². The fourth-order valence-corrected chi connectivity index (χ4v) is 1.08. The van der Waals surface area contributed by atoms with Crippen LogP contribution in [0.3, 0.4) is 0 Å². The molecule has 11 nitrogen and oxygen atoms in total. The molecule has 0 bridgehead atoms. The van der Waals surface area contributed by atoms with E-state index >= 15 is 0 Å². The minimum atomic E-state index is -1.07. The van der Waals surface area contributed by atoms with Crippen molar-refractivity contribution in [2.24, 2.45) is 5.90 Å². The Morgan fingerprint density at radius 2 is 1.35 bits per heavy atom. The molecule has 0 radical (unpaired) electrons. The number of nitrogens with two attached hydrogens (primary N) is 1. The molecule has 0 aliphatic rings. The van der Waals surface area contributed by atoms with Crippen LogP contribution in [0, 0.1) is 30.3 Å². The Kier molecular flexibility index (Phi) is 3.14. The fraction of sp³-hybridized carbons (Fsp3) is 0. The smallest absolute Gasteiger partial charge is 0.327 e. The van der Waals surface area contributed by atoms with Gasteiger partial charge in [-0.15, -0.1) is 0 Å². The van der Waals surface area contributed by atoms with E-state index in [1.54, 1.807) is 0 Å². The zero-order valence-electron chi connectivity index (χ0n) is 7.93. The summed E-state index contributed by atoms with van der Waals surface area (Å²) in [4.78, 5) is 32.4. The Morgan fingerprint density at radius 3 is 1.59 bits per heavy atom. The second kappa shape index (κ2) is 4.36. The Hall–Kier alpha value is -2.82. The number of hydrogen-bond donors (Lipinski definition) is 1. The quantitative estimate of drug-likeness (QED) is 0.595. The summed E-state index contributed by atoms with van der Waals surface area (Å²) >= 11 is 0. The molecular weight excluding hydrogens is 240 g/mol. The molecule has 0 atom stereocenters. The number of hydrogen-bond acceptors (Lipinski definition) is 8. The van der Waals surface area contributed by atoms with E-state index in [9.17, 15) is 30.3 Å². The molecule has 0 aliphatic heterocycles. The average molecular weight is 244 g/mol. The van der Waals surface area contributed by atoms with Crippen molar-refractivity contribution in [3.8, 4) is 5.75 Å². The van der Waals surface area contributed by atoms with E-state index < -0.39 is 37.6 Å². The lowest BCUT2D eigenvalue weighted by molar-refractivity contribution is -0.404. The highest BCUT2D eigenvalue weighted by atomic mass is 16.7. The van der Waals surface area contributed by atoms with Gasteiger partial charge in [-0.3, -0.25) is 30.3 Å². The molecule has 17 heavy (non-hydrogen) atoms. The summed E-state index contributed by atoms with van der Waals surface area (Å²) in [5, 5.41) is 31.5. The number of benzene rings is 1. The van der Waals surface area contributed by atoms with Crippen LogP contribution in [0.5, 0.6) is 5.75 Å². The molecule has 0 aromatic heterocycles. The van der Waals surface area contributed by atoms with Gasteiger partial charge in [-0.05, 0) is 0 Å². The van der Waals surface area contributed by atoms with Crippen molar-refractivity contribution in [2.75, 3.05) is 0 Å². The summed E-state index contributed by atoms with van der Waals surface area (Å²) in [6.07, 6.45) is 0. The maximum atomic E-state index is 10.6. The minimum absolute atomic E-state index is 0.523. The minimum Gasteiger partial charge on any atom is -0.397 e. The van der Waals surface area contributed by atoms with E-state index in [0.29, 0.717) is 12.1 Å². The number of nitro benzene ring substituents is 3. The number of nitro groups is 3. The number of nitrogens with zero attached hydrogens (tertiary/aromatic N) is 3. The summed E-state index contributed by atoms with van der Waals surface area (Å²) in [5.41, 5.74) is -2.70. The van der Waals surface area contributed by atoms with Gasteiger partial charge in [-0.25, -0.2) is 0 Å². The summed E-state index contributed by atoms with van der Waals surface area (Å²) < 4.78 is 0. The van der Waals surface area contributed by atoms with E-state index in [1.807, 2.05) is 0 Å². The molecule has 1 rings (SSSR count). The molecule has 0 unspecified atom stereocenters. The number of non-ortho nitro benzene ring substituents is 1. The molecule has 0 saturated carbocycles. The van der Waals surface area contributed by atoms with E-state index in [1.165, 1.54) is 0 Å². The maximum absolute atomic E-state index is 10.6. The topological polar surface area (TPSA) is 165 Å². The second-order valence-electron chi connectivity index (χ2n) is 2.70. The third-order valence-electron chi connectivity index (χ3n) is 1.76. The van der Waals surface area contributed by atoms with Crippen LogP contribution in [-0.2, 0) is 0 Å². The first-order valence-corrected chi connectivity index (χ1v) is 3.86. The Morgan fingerprint density at radius 1 is 0.941 bits per heavy atom. The number of rotatable bonds is 4. The van der Waals surface area contributed by atoms with Crippen LogP contribution in [0.25, 0.3) is 0 Å². The lowest BCUT2D eigenvalue weighted by Gasteiger charge is -2.01. The largest absolute Gasteiger partial charge is 0.397 e. The van der Waals surface area contributed by atoms with E-state index in [0.717, 1.165) is 0 Å². The average Bonchev–Trinajstić information content (AvgIpc) is 2.26. The zero-order chi connectivity index (χ0) is 13.2. The highest BCUT2D eigenvalue weighted by Crippen LogP contribution is 2.39. The SMILES string of the molecule is NOc1c([N+](=O)[O-])cc([N+](=O)[O-])cc1[N+](=O)[O-]. The van der Waals surface area contributed by atoms with Crippen molar-refractivity contribution >= 4 is 17.1 Å². The highest BCUT2D eigenvalue weighted by molar-refractivity contribution is 5.65. The van der Waals surface area contributed by atoms with Crippen molar-refractivity contribution in [1.29, 1.82) is 0 Å². The first-order chi connectivity index (χ1) is 7.88. The summed E-state index contributed by atoms with van der Waals surface area (Å²) in [5.74, 6) is 3.83. The summed E-state index contributed by atoms with van der Waals surface area (Å²) in [7, 11) is 0. The molecule has 0 saturated heterocycles. The van der Waals surface area contributed by atoms with Crippen molar-refractivity contribution in [1.82, 2.24) is 0 Å². The molecule has 0 amide bonds. The van der Waals surface area contributed by atoms with Crippen molar-refractivity contribution in [3.63, 3.8) is 0 Å². The van der Waals surface area contributed by atoms with Gasteiger partial charge in [-0.1, -0.05) is 0 Å². The van der Waals surface area contributed by atoms with Crippen molar-refractivity contribution in [2.45, 2.75) is 0 Å². The predicted octanol–water partition coefficient (Wildman–Crippen LogP) is 0.664. The van der Waals surface area contributed by atoms with E-state index in [2.05, 4.69) is 10.7 Å². The van der Waals surface area contributed by atoms with Crippen molar-refractivity contribution in [3.05, 3.63) is 42.5 Å². The zero-order valence-corrected chi connectivity index (χ0v) is 7.93. The molecule has 0 aliphatic carbocycles. The molecule has 11 heteroatoms. The Labute approximate surface area is 91.8 Å². The second-order valence-corrected chi connectivity index (χ2v) is 2.70. The van der Waals surface area contributed by atoms with Crippen LogP contribution >= 0.6 is 0 Å². The van der Waals surface area contributed by atoms with E-state index in [4.69, 9.17) is 0 Å². The standard InChI is InChI=1S/C6H4N4O7/c7-17-6-4(9(13)14)1-3(8(11)12)2-5(6)10(15)16/h1-2H,7H2. The molecule has 0 spiro atoms. The van der Waals surface area contributed by atoms with Gasteiger partial charge < -0.3 is 4.84 Å². The molecule has 90 valence electrons. The van der Waals surface area contributed by atoms with Crippen LogP contribution in [-0.4, -0.2) is 14.8 Å². The maximum Gasteiger partial charge on any atom is 0.327 e. The fourth-order valence-electron chi connectivity index (χ4n) is 1.08. The van der Waals surface area contributed by atoms with Crippen molar-refractivity contribution < 1.29 is 19.6 Å². The van der Waals surface area contributed by atoms with Gasteiger partial charge >= 0.3 is 17.1 Å². The summed E-state index contributed by atoms with van der Waals surface area (Å²) in [6, 6.07) is 1.05. The Bertz CT molecular complexity index is 478. The van der Waals surface area contributed by atoms with Gasteiger partial charge in [0.25, 0.3) is 5.69 Å². The van der Waals surface area contributed by atoms with E-state index in [-0.39, 0.29) is 0 Å². The molecular formula is C6H4N4O7. The monoisotopic (exact) mass is 244 g/mol. The highest BCUT2D eigenvalue weighted by Gasteiger charge is 2.32. The predicted molar refractivity (Wildman–Crippen MR) is 51.2 cm³/mol. The van der Waals surface area contributed by atoms with Gasteiger partial charge in [0.2, 0.25) is 0 Å². The first-order valence-electron chi connectivity index (χ1n) is 3.86. The van der Waals surface area contributed by atoms with Gasteiger partial charge in [-0.2, -0.15) is 5.90 Å². The van der Waals surface area contributed by atoms with Gasteiger partial charge in [0.05, 0.1) is 26.9 Å². The van der Waals surface area contributed by atoms with Crippen LogP contribution in [0.15, 0.2) is 12.1 Å². The third kappa shape index (κ3) is 2.23. The molecule has 0 heterocycles. The van der Waals surface area contributed by atoms with Crippen LogP contribution in [0.4, 0.5) is 17.1 Å². The lowest BCUT2D eigenvalue weighted by Crippen LogP contribution is -2.08. The molecule has 1 aromatic carbocycles. The van der Waals surface area contributed by atoms with Gasteiger partial charge in [0, 0.05) is 0 Å². The molecule has 2 N–H and O–H groups in total. The van der Waals surface area contributed by atoms with Gasteiger partial charge in [0.15, 0.2) is 0 Å². The summed E-state index contributed by atoms with van der Waals surface area (Å²) in [6.45, 7) is 0. The first kappa shape index (κ1) is 12.3. The Balaban J connectivity index is 3.63. The normalized spacial score (nSPS) is 9.71. The lowest BCUT2D eigenvalue weighted by atomic mass is 10.2. The van der Waals surface area contributed by atoms with Crippen LogP contribution < -0.4 is 10.7 Å². The third-order valence-corrected chi connectivity index (χ3v) is 1.76. The van der Waals surface area contributed by atoms with Crippen LogP contribution in [0.2, 0.25) is 0 Å². The van der Waals surface area contributed by atoms with Gasteiger partial charge in [0.1, 0.15) is 0 Å². The molecule has 0 fully saturated rings.